The third kappa shape index (κ3) is 3.75. The Bertz CT molecular complexity index is 849. The molecule has 0 aliphatic rings. The number of nitrogens with one attached hydrogen (secondary N) is 1. The van der Waals surface area contributed by atoms with Crippen molar-refractivity contribution in [1.82, 2.24) is 10.3 Å². The predicted molar refractivity (Wildman–Crippen MR) is 92.0 cm³/mol. The number of furan rings is 1. The Labute approximate surface area is 144 Å². The number of aliphatic hydroxyl groups is 1. The minimum Gasteiger partial charge on any atom is -0.467 e. The Balaban J connectivity index is 1.67. The number of hydrogen-bond donors (Lipinski definition) is 2. The van der Waals surface area contributed by atoms with Crippen LogP contribution in [0.15, 0.2) is 53.1 Å². The fourth-order valence-corrected chi connectivity index (χ4v) is 2.67. The van der Waals surface area contributed by atoms with Crippen LogP contribution in [0.4, 0.5) is 0 Å². The molecule has 0 radical (unpaired) electrons. The van der Waals surface area contributed by atoms with Crippen molar-refractivity contribution in [1.29, 1.82) is 0 Å². The van der Waals surface area contributed by atoms with Crippen molar-refractivity contribution >= 4 is 28.4 Å². The van der Waals surface area contributed by atoms with Crippen molar-refractivity contribution in [2.45, 2.75) is 25.5 Å². The number of hydrogen-bond acceptors (Lipinski definition) is 4. The topological polar surface area (TPSA) is 75.4 Å². The lowest BCUT2D eigenvalue weighted by molar-refractivity contribution is 0.0898. The summed E-state index contributed by atoms with van der Waals surface area (Å²) in [7, 11) is 0. The summed E-state index contributed by atoms with van der Waals surface area (Å²) in [5.41, 5.74) is 0.975. The number of amides is 1. The average Bonchev–Trinajstić information content (AvgIpc) is 3.08. The fourth-order valence-electron chi connectivity index (χ4n) is 2.51. The van der Waals surface area contributed by atoms with Crippen molar-refractivity contribution in [3.8, 4) is 0 Å². The van der Waals surface area contributed by atoms with Crippen molar-refractivity contribution in [3.63, 3.8) is 0 Å². The van der Waals surface area contributed by atoms with E-state index < -0.39 is 6.10 Å². The molecule has 0 aliphatic heterocycles. The fraction of sp³-hybridized carbons (Fsp3) is 0.222. The van der Waals surface area contributed by atoms with Crippen LogP contribution in [-0.2, 0) is 0 Å². The van der Waals surface area contributed by atoms with E-state index in [4.69, 9.17) is 16.0 Å². The molecule has 5 nitrogen and oxygen atoms in total. The van der Waals surface area contributed by atoms with Gasteiger partial charge in [-0.25, -0.2) is 4.98 Å². The summed E-state index contributed by atoms with van der Waals surface area (Å²) in [6.45, 7) is 1.82. The SMILES string of the molecule is CC(CC(O)c1ccco1)NC(=O)c1ccc2ccc(Cl)cc2n1. The molecule has 0 bridgehead atoms. The van der Waals surface area contributed by atoms with Gasteiger partial charge in [0.25, 0.3) is 5.91 Å². The standard InChI is InChI=1S/C18H17ClN2O3/c1-11(9-16(22)17-3-2-8-24-17)20-18(23)14-7-5-12-4-6-13(19)10-15(12)21-14/h2-8,10-11,16,22H,9H2,1H3,(H,20,23). The van der Waals surface area contributed by atoms with E-state index in [0.29, 0.717) is 28.4 Å². The van der Waals surface area contributed by atoms with Gasteiger partial charge in [-0.1, -0.05) is 23.7 Å². The van der Waals surface area contributed by atoms with Gasteiger partial charge in [-0.2, -0.15) is 0 Å². The molecule has 2 unspecified atom stereocenters. The molecule has 2 heterocycles. The number of benzene rings is 1. The van der Waals surface area contributed by atoms with Gasteiger partial charge in [0.1, 0.15) is 17.6 Å². The van der Waals surface area contributed by atoms with Gasteiger partial charge in [-0.3, -0.25) is 4.79 Å². The third-order valence-corrected chi connectivity index (χ3v) is 3.95. The van der Waals surface area contributed by atoms with E-state index in [1.54, 1.807) is 30.3 Å². The first-order valence-electron chi connectivity index (χ1n) is 7.61. The maximum absolute atomic E-state index is 12.3. The zero-order valence-corrected chi connectivity index (χ0v) is 13.8. The lowest BCUT2D eigenvalue weighted by atomic mass is 10.1. The lowest BCUT2D eigenvalue weighted by Crippen LogP contribution is -2.34. The molecule has 2 aromatic heterocycles. The highest BCUT2D eigenvalue weighted by Crippen LogP contribution is 2.20. The molecule has 0 saturated heterocycles. The molecular weight excluding hydrogens is 328 g/mol. The summed E-state index contributed by atoms with van der Waals surface area (Å²) in [4.78, 5) is 16.7. The van der Waals surface area contributed by atoms with Crippen LogP contribution in [0.1, 0.15) is 35.7 Å². The van der Waals surface area contributed by atoms with E-state index >= 15 is 0 Å². The summed E-state index contributed by atoms with van der Waals surface area (Å²) in [5.74, 6) is 0.186. The van der Waals surface area contributed by atoms with Gasteiger partial charge in [0, 0.05) is 22.9 Å². The first kappa shape index (κ1) is 16.5. The average molecular weight is 345 g/mol. The van der Waals surface area contributed by atoms with Crippen LogP contribution in [0, 0.1) is 0 Å². The maximum Gasteiger partial charge on any atom is 0.270 e. The molecule has 0 aliphatic carbocycles. The van der Waals surface area contributed by atoms with Crippen molar-refractivity contribution in [2.75, 3.05) is 0 Å². The van der Waals surface area contributed by atoms with Gasteiger partial charge in [-0.05, 0) is 37.3 Å². The Kier molecular flexibility index (Phi) is 4.83. The summed E-state index contributed by atoms with van der Waals surface area (Å²) in [6, 6.07) is 12.0. The van der Waals surface area contributed by atoms with E-state index in [1.165, 1.54) is 6.26 Å². The van der Waals surface area contributed by atoms with Gasteiger partial charge in [0.05, 0.1) is 11.8 Å². The van der Waals surface area contributed by atoms with Crippen molar-refractivity contribution in [2.24, 2.45) is 0 Å². The minimum atomic E-state index is -0.765. The van der Waals surface area contributed by atoms with Crippen LogP contribution < -0.4 is 5.32 Å². The number of halogens is 1. The quantitative estimate of drug-likeness (QED) is 0.739. The summed E-state index contributed by atoms with van der Waals surface area (Å²) < 4.78 is 5.16. The van der Waals surface area contributed by atoms with Crippen molar-refractivity contribution < 1.29 is 14.3 Å². The maximum atomic E-state index is 12.3. The molecule has 2 N–H and O–H groups in total. The molecule has 24 heavy (non-hydrogen) atoms. The highest BCUT2D eigenvalue weighted by Gasteiger charge is 2.17. The van der Waals surface area contributed by atoms with Gasteiger partial charge < -0.3 is 14.8 Å². The highest BCUT2D eigenvalue weighted by molar-refractivity contribution is 6.31. The van der Waals surface area contributed by atoms with E-state index in [0.717, 1.165) is 5.39 Å². The second-order valence-corrected chi connectivity index (χ2v) is 6.11. The first-order chi connectivity index (χ1) is 11.5. The van der Waals surface area contributed by atoms with Crippen LogP contribution in [-0.4, -0.2) is 22.0 Å². The molecule has 0 saturated carbocycles. The number of carbonyl (C=O) groups excluding carboxylic acids is 1. The van der Waals surface area contributed by atoms with Gasteiger partial charge in [0.2, 0.25) is 0 Å². The Morgan fingerprint density at radius 1 is 1.33 bits per heavy atom. The number of carbonyl (C=O) groups is 1. The molecule has 3 aromatic rings. The Hall–Kier alpha value is -2.37. The Morgan fingerprint density at radius 3 is 2.88 bits per heavy atom. The first-order valence-corrected chi connectivity index (χ1v) is 7.99. The zero-order valence-electron chi connectivity index (χ0n) is 13.1. The number of fused-ring (bicyclic) bond motifs is 1. The zero-order chi connectivity index (χ0) is 17.1. The second kappa shape index (κ2) is 7.03. The smallest absolute Gasteiger partial charge is 0.270 e. The van der Waals surface area contributed by atoms with Gasteiger partial charge in [-0.15, -0.1) is 0 Å². The molecule has 2 atom stereocenters. The number of aliphatic hydroxyl groups excluding tert-OH is 1. The van der Waals surface area contributed by atoms with Crippen LogP contribution in [0.3, 0.4) is 0 Å². The third-order valence-electron chi connectivity index (χ3n) is 3.71. The van der Waals surface area contributed by atoms with E-state index in [9.17, 15) is 9.90 Å². The molecule has 1 amide bonds. The van der Waals surface area contributed by atoms with Crippen molar-refractivity contribution in [3.05, 3.63) is 65.2 Å². The molecule has 1 aromatic carbocycles. The van der Waals surface area contributed by atoms with Crippen LogP contribution in [0.2, 0.25) is 5.02 Å². The number of rotatable bonds is 5. The summed E-state index contributed by atoms with van der Waals surface area (Å²) in [5, 5.41) is 14.4. The minimum absolute atomic E-state index is 0.241. The molecule has 0 spiro atoms. The van der Waals surface area contributed by atoms with Crippen LogP contribution in [0.25, 0.3) is 10.9 Å². The number of pyridine rings is 1. The van der Waals surface area contributed by atoms with Crippen LogP contribution in [0.5, 0.6) is 0 Å². The lowest BCUT2D eigenvalue weighted by Gasteiger charge is -2.16. The molecular formula is C18H17ClN2O3. The van der Waals surface area contributed by atoms with Gasteiger partial charge >= 0.3 is 0 Å². The van der Waals surface area contributed by atoms with Gasteiger partial charge in [0.15, 0.2) is 0 Å². The summed E-state index contributed by atoms with van der Waals surface area (Å²) in [6.07, 6.45) is 1.09. The molecule has 3 rings (SSSR count). The van der Waals surface area contributed by atoms with E-state index in [-0.39, 0.29) is 11.9 Å². The highest BCUT2D eigenvalue weighted by atomic mass is 35.5. The van der Waals surface area contributed by atoms with E-state index in [2.05, 4.69) is 10.3 Å². The van der Waals surface area contributed by atoms with Crippen LogP contribution >= 0.6 is 11.6 Å². The Morgan fingerprint density at radius 2 is 2.12 bits per heavy atom. The summed E-state index contributed by atoms with van der Waals surface area (Å²) >= 11 is 5.96. The monoisotopic (exact) mass is 344 g/mol. The largest absolute Gasteiger partial charge is 0.467 e. The number of aromatic nitrogens is 1. The number of nitrogens with zero attached hydrogens (tertiary/aromatic N) is 1. The molecule has 0 fully saturated rings. The molecule has 6 heteroatoms. The molecule has 124 valence electrons. The predicted octanol–water partition coefficient (Wildman–Crippen LogP) is 3.72. The normalized spacial score (nSPS) is 13.6. The second-order valence-electron chi connectivity index (χ2n) is 5.67. The van der Waals surface area contributed by atoms with E-state index in [1.807, 2.05) is 19.1 Å².